The molecule has 0 aliphatic carbocycles. The topological polar surface area (TPSA) is 27.7 Å². The Balaban J connectivity index is 2.60. The van der Waals surface area contributed by atoms with Crippen molar-refractivity contribution in [1.82, 2.24) is 0 Å². The summed E-state index contributed by atoms with van der Waals surface area (Å²) in [5.74, 6) is 1.51. The maximum atomic E-state index is 5.60. The second kappa shape index (κ2) is 7.52. The summed E-state index contributed by atoms with van der Waals surface area (Å²) in [7, 11) is 1.64. The Bertz CT molecular complexity index is 315. The van der Waals surface area contributed by atoms with Gasteiger partial charge in [-0.25, -0.2) is 0 Å². The molecule has 16 heavy (non-hydrogen) atoms. The van der Waals surface area contributed by atoms with Gasteiger partial charge in [-0.05, 0) is 24.6 Å². The van der Waals surface area contributed by atoms with Crippen molar-refractivity contribution in [3.63, 3.8) is 0 Å². The fraction of sp³-hybridized carbons (Fsp3) is 0.500. The zero-order valence-electron chi connectivity index (χ0n) is 9.66. The Morgan fingerprint density at radius 3 is 2.62 bits per heavy atom. The average molecular weight is 289 g/mol. The second-order valence-electron chi connectivity index (χ2n) is 3.16. The minimum Gasteiger partial charge on any atom is -0.493 e. The Hall–Kier alpha value is -0.740. The van der Waals surface area contributed by atoms with E-state index in [0.29, 0.717) is 19.8 Å². The number of rotatable bonds is 7. The summed E-state index contributed by atoms with van der Waals surface area (Å²) in [4.78, 5) is 0. The zero-order valence-corrected chi connectivity index (χ0v) is 11.2. The Morgan fingerprint density at radius 2 is 2.00 bits per heavy atom. The number of methoxy groups -OCH3 is 1. The van der Waals surface area contributed by atoms with E-state index in [0.717, 1.165) is 22.4 Å². The van der Waals surface area contributed by atoms with Crippen LogP contribution in [0.25, 0.3) is 0 Å². The van der Waals surface area contributed by atoms with Gasteiger partial charge in [-0.15, -0.1) is 0 Å². The van der Waals surface area contributed by atoms with E-state index in [1.807, 2.05) is 25.1 Å². The lowest BCUT2D eigenvalue weighted by Crippen LogP contribution is -2.07. The average Bonchev–Trinajstić information content (AvgIpc) is 2.34. The van der Waals surface area contributed by atoms with Gasteiger partial charge in [-0.2, -0.15) is 0 Å². The zero-order chi connectivity index (χ0) is 11.8. The van der Waals surface area contributed by atoms with Crippen molar-refractivity contribution in [3.8, 4) is 11.5 Å². The van der Waals surface area contributed by atoms with E-state index < -0.39 is 0 Å². The van der Waals surface area contributed by atoms with Gasteiger partial charge in [0.05, 0.1) is 13.7 Å². The molecule has 1 aromatic rings. The lowest BCUT2D eigenvalue weighted by molar-refractivity contribution is 0.109. The third kappa shape index (κ3) is 4.02. The number of hydrogen-bond donors (Lipinski definition) is 0. The first-order chi connectivity index (χ1) is 7.81. The molecule has 0 aliphatic heterocycles. The van der Waals surface area contributed by atoms with E-state index in [2.05, 4.69) is 15.9 Å². The molecule has 0 N–H and O–H groups in total. The Kier molecular flexibility index (Phi) is 6.26. The van der Waals surface area contributed by atoms with Crippen LogP contribution in [-0.4, -0.2) is 26.9 Å². The van der Waals surface area contributed by atoms with Crippen LogP contribution in [0.15, 0.2) is 18.2 Å². The van der Waals surface area contributed by atoms with Gasteiger partial charge in [0, 0.05) is 11.9 Å². The lowest BCUT2D eigenvalue weighted by atomic mass is 10.2. The van der Waals surface area contributed by atoms with E-state index in [9.17, 15) is 0 Å². The molecule has 0 aliphatic rings. The summed E-state index contributed by atoms with van der Waals surface area (Å²) < 4.78 is 16.0. The van der Waals surface area contributed by atoms with Crippen molar-refractivity contribution < 1.29 is 14.2 Å². The molecule has 0 radical (unpaired) electrons. The van der Waals surface area contributed by atoms with Gasteiger partial charge in [-0.3, -0.25) is 0 Å². The fourth-order valence-electron chi connectivity index (χ4n) is 1.27. The molecule has 0 atom stereocenters. The maximum absolute atomic E-state index is 5.60. The summed E-state index contributed by atoms with van der Waals surface area (Å²) in [5, 5.41) is 0.804. The van der Waals surface area contributed by atoms with Crippen molar-refractivity contribution in [1.29, 1.82) is 0 Å². The summed E-state index contributed by atoms with van der Waals surface area (Å²) in [5.41, 5.74) is 1.16. The second-order valence-corrected chi connectivity index (χ2v) is 3.72. The summed E-state index contributed by atoms with van der Waals surface area (Å²) in [6, 6.07) is 5.88. The smallest absolute Gasteiger partial charge is 0.161 e. The first-order valence-electron chi connectivity index (χ1n) is 5.25. The molecule has 0 amide bonds. The van der Waals surface area contributed by atoms with Crippen LogP contribution >= 0.6 is 15.9 Å². The number of alkyl halides is 1. The molecule has 0 aromatic heterocycles. The molecule has 0 heterocycles. The first kappa shape index (κ1) is 13.3. The van der Waals surface area contributed by atoms with Crippen LogP contribution in [-0.2, 0) is 10.1 Å². The highest BCUT2D eigenvalue weighted by Gasteiger charge is 2.05. The van der Waals surface area contributed by atoms with Crippen LogP contribution in [0.1, 0.15) is 12.5 Å². The summed E-state index contributed by atoms with van der Waals surface area (Å²) in [6.45, 7) is 3.81. The standard InChI is InChI=1S/C12H17BrO3/c1-3-15-6-7-16-12-8-10(9-13)4-5-11(12)14-2/h4-5,8H,3,6-7,9H2,1-2H3. The van der Waals surface area contributed by atoms with Gasteiger partial charge in [0.2, 0.25) is 0 Å². The lowest BCUT2D eigenvalue weighted by Gasteiger charge is -2.11. The molecular formula is C12H17BrO3. The number of hydrogen-bond acceptors (Lipinski definition) is 3. The van der Waals surface area contributed by atoms with E-state index in [-0.39, 0.29) is 0 Å². The van der Waals surface area contributed by atoms with Crippen molar-refractivity contribution in [2.75, 3.05) is 26.9 Å². The third-order valence-corrected chi connectivity index (χ3v) is 2.72. The highest BCUT2D eigenvalue weighted by molar-refractivity contribution is 9.08. The molecule has 1 rings (SSSR count). The van der Waals surface area contributed by atoms with Gasteiger partial charge in [0.1, 0.15) is 6.61 Å². The Labute approximate surface area is 105 Å². The van der Waals surface area contributed by atoms with Crippen LogP contribution in [0.5, 0.6) is 11.5 Å². The van der Waals surface area contributed by atoms with Crippen molar-refractivity contribution >= 4 is 15.9 Å². The molecule has 90 valence electrons. The van der Waals surface area contributed by atoms with Gasteiger partial charge >= 0.3 is 0 Å². The highest BCUT2D eigenvalue weighted by atomic mass is 79.9. The van der Waals surface area contributed by atoms with Crippen molar-refractivity contribution in [2.45, 2.75) is 12.3 Å². The van der Waals surface area contributed by atoms with E-state index >= 15 is 0 Å². The molecule has 0 spiro atoms. The van der Waals surface area contributed by atoms with Gasteiger partial charge in [0.25, 0.3) is 0 Å². The van der Waals surface area contributed by atoms with Crippen LogP contribution in [0.3, 0.4) is 0 Å². The molecule has 0 saturated heterocycles. The van der Waals surface area contributed by atoms with Gasteiger partial charge in [-0.1, -0.05) is 22.0 Å². The predicted octanol–water partition coefficient (Wildman–Crippen LogP) is 3.01. The molecule has 3 nitrogen and oxygen atoms in total. The SMILES string of the molecule is CCOCCOc1cc(CBr)ccc1OC. The first-order valence-corrected chi connectivity index (χ1v) is 6.37. The van der Waals surface area contributed by atoms with E-state index in [1.54, 1.807) is 7.11 Å². The highest BCUT2D eigenvalue weighted by Crippen LogP contribution is 2.28. The molecule has 0 fully saturated rings. The molecule has 1 aromatic carbocycles. The molecule has 0 unspecified atom stereocenters. The van der Waals surface area contributed by atoms with Crippen molar-refractivity contribution in [2.24, 2.45) is 0 Å². The van der Waals surface area contributed by atoms with Crippen LogP contribution < -0.4 is 9.47 Å². The normalized spacial score (nSPS) is 10.2. The number of ether oxygens (including phenoxy) is 3. The van der Waals surface area contributed by atoms with Crippen molar-refractivity contribution in [3.05, 3.63) is 23.8 Å². The largest absolute Gasteiger partial charge is 0.493 e. The van der Waals surface area contributed by atoms with E-state index in [1.165, 1.54) is 0 Å². The molecular weight excluding hydrogens is 272 g/mol. The maximum Gasteiger partial charge on any atom is 0.161 e. The molecule has 0 bridgehead atoms. The molecule has 0 saturated carbocycles. The van der Waals surface area contributed by atoms with Gasteiger partial charge < -0.3 is 14.2 Å². The predicted molar refractivity (Wildman–Crippen MR) is 67.6 cm³/mol. The minimum atomic E-state index is 0.538. The monoisotopic (exact) mass is 288 g/mol. The Morgan fingerprint density at radius 1 is 1.19 bits per heavy atom. The number of halogens is 1. The van der Waals surface area contributed by atoms with Crippen LogP contribution in [0.4, 0.5) is 0 Å². The summed E-state index contributed by atoms with van der Waals surface area (Å²) in [6.07, 6.45) is 0. The molecule has 4 heteroatoms. The van der Waals surface area contributed by atoms with Crippen LogP contribution in [0.2, 0.25) is 0 Å². The minimum absolute atomic E-state index is 0.538. The van der Waals surface area contributed by atoms with Gasteiger partial charge in [0.15, 0.2) is 11.5 Å². The number of benzene rings is 1. The van der Waals surface area contributed by atoms with Crippen LogP contribution in [0, 0.1) is 0 Å². The third-order valence-electron chi connectivity index (χ3n) is 2.07. The quantitative estimate of drug-likeness (QED) is 0.570. The van der Waals surface area contributed by atoms with E-state index in [4.69, 9.17) is 14.2 Å². The summed E-state index contributed by atoms with van der Waals surface area (Å²) >= 11 is 3.41. The fourth-order valence-corrected chi connectivity index (χ4v) is 1.62.